The molecule has 0 saturated carbocycles. The molecule has 1 aromatic carbocycles. The molecular formula is C16H17ClN2O4. The molecule has 1 amide bonds. The van der Waals surface area contributed by atoms with Crippen LogP contribution >= 0.6 is 11.6 Å². The van der Waals surface area contributed by atoms with Crippen LogP contribution in [0.1, 0.15) is 31.6 Å². The molecule has 3 rings (SSSR count). The number of hydrogen-bond donors (Lipinski definition) is 1. The number of hydrogen-bond acceptors (Lipinski definition) is 4. The van der Waals surface area contributed by atoms with Gasteiger partial charge >= 0.3 is 5.97 Å². The summed E-state index contributed by atoms with van der Waals surface area (Å²) in [7, 11) is 0. The van der Waals surface area contributed by atoms with Gasteiger partial charge in [0.1, 0.15) is 11.4 Å². The average molecular weight is 337 g/mol. The number of likely N-dealkylation sites (tertiary alicyclic amines) is 1. The van der Waals surface area contributed by atoms with Crippen molar-refractivity contribution in [3.63, 3.8) is 0 Å². The molecule has 23 heavy (non-hydrogen) atoms. The Balaban J connectivity index is 1.68. The summed E-state index contributed by atoms with van der Waals surface area (Å²) in [4.78, 5) is 29.1. The molecule has 2 heterocycles. The highest BCUT2D eigenvalue weighted by atomic mass is 35.5. The maximum Gasteiger partial charge on any atom is 0.315 e. The van der Waals surface area contributed by atoms with Crippen LogP contribution in [0.25, 0.3) is 11.1 Å². The highest BCUT2D eigenvalue weighted by Gasteiger charge is 2.31. The van der Waals surface area contributed by atoms with Gasteiger partial charge in [-0.05, 0) is 38.0 Å². The van der Waals surface area contributed by atoms with E-state index in [1.54, 1.807) is 23.1 Å². The Bertz CT molecular complexity index is 750. The Kier molecular flexibility index (Phi) is 4.26. The number of carbonyl (C=O) groups excluding carboxylic acids is 1. The van der Waals surface area contributed by atoms with Gasteiger partial charge in [-0.15, -0.1) is 0 Å². The van der Waals surface area contributed by atoms with Gasteiger partial charge in [0.15, 0.2) is 11.5 Å². The lowest BCUT2D eigenvalue weighted by atomic mass is 9.96. The second kappa shape index (κ2) is 6.20. The normalized spacial score (nSPS) is 17.4. The summed E-state index contributed by atoms with van der Waals surface area (Å²) in [5.74, 6) is -1.64. The SMILES string of the molecule is CC(C(=O)O)C(=O)N1CCC(c2nc3cc(Cl)ccc3o2)CC1. The molecule has 1 fully saturated rings. The summed E-state index contributed by atoms with van der Waals surface area (Å²) in [6, 6.07) is 5.31. The molecule has 1 aliphatic rings. The van der Waals surface area contributed by atoms with Crippen molar-refractivity contribution in [2.75, 3.05) is 13.1 Å². The fraction of sp³-hybridized carbons (Fsp3) is 0.438. The van der Waals surface area contributed by atoms with Crippen LogP contribution in [0.4, 0.5) is 0 Å². The number of benzene rings is 1. The van der Waals surface area contributed by atoms with Crippen LogP contribution in [0.2, 0.25) is 5.02 Å². The number of amides is 1. The number of aromatic nitrogens is 1. The molecule has 0 aliphatic carbocycles. The Morgan fingerprint density at radius 1 is 1.39 bits per heavy atom. The quantitative estimate of drug-likeness (QED) is 0.871. The molecule has 1 N–H and O–H groups in total. The number of fused-ring (bicyclic) bond motifs is 1. The number of aliphatic carboxylic acids is 1. The van der Waals surface area contributed by atoms with Crippen molar-refractivity contribution in [2.45, 2.75) is 25.7 Å². The van der Waals surface area contributed by atoms with E-state index in [0.717, 1.165) is 5.52 Å². The lowest BCUT2D eigenvalue weighted by molar-refractivity contribution is -0.150. The van der Waals surface area contributed by atoms with E-state index in [0.29, 0.717) is 42.4 Å². The van der Waals surface area contributed by atoms with Crippen LogP contribution in [0.3, 0.4) is 0 Å². The van der Waals surface area contributed by atoms with Crippen molar-refractivity contribution in [1.29, 1.82) is 0 Å². The van der Waals surface area contributed by atoms with E-state index < -0.39 is 11.9 Å². The van der Waals surface area contributed by atoms with Crippen molar-refractivity contribution in [1.82, 2.24) is 9.88 Å². The minimum atomic E-state index is -1.09. The van der Waals surface area contributed by atoms with E-state index in [1.807, 2.05) is 0 Å². The standard InChI is InChI=1S/C16H17ClN2O4/c1-9(16(21)22)15(20)19-6-4-10(5-7-19)14-18-12-8-11(17)2-3-13(12)23-14/h2-3,8-10H,4-7H2,1H3,(H,21,22). The third kappa shape index (κ3) is 3.17. The summed E-state index contributed by atoms with van der Waals surface area (Å²) in [6.45, 7) is 2.45. The molecule has 1 saturated heterocycles. The Labute approximate surface area is 138 Å². The highest BCUT2D eigenvalue weighted by molar-refractivity contribution is 6.31. The highest BCUT2D eigenvalue weighted by Crippen LogP contribution is 2.31. The van der Waals surface area contributed by atoms with Crippen LogP contribution in [0.5, 0.6) is 0 Å². The number of carboxylic acids is 1. The fourth-order valence-corrected chi connectivity index (χ4v) is 2.99. The zero-order chi connectivity index (χ0) is 16.6. The van der Waals surface area contributed by atoms with Crippen molar-refractivity contribution in [3.8, 4) is 0 Å². The maximum absolute atomic E-state index is 12.1. The maximum atomic E-state index is 12.1. The number of rotatable bonds is 3. The Hall–Kier alpha value is -2.08. The van der Waals surface area contributed by atoms with Gasteiger partial charge < -0.3 is 14.4 Å². The largest absolute Gasteiger partial charge is 0.481 e. The molecule has 6 nitrogen and oxygen atoms in total. The van der Waals surface area contributed by atoms with Crippen LogP contribution in [0.15, 0.2) is 22.6 Å². The first-order valence-electron chi connectivity index (χ1n) is 7.53. The Morgan fingerprint density at radius 3 is 2.74 bits per heavy atom. The van der Waals surface area contributed by atoms with Gasteiger partial charge in [-0.1, -0.05) is 11.6 Å². The van der Waals surface area contributed by atoms with Gasteiger partial charge in [0.2, 0.25) is 5.91 Å². The summed E-state index contributed by atoms with van der Waals surface area (Å²) >= 11 is 5.95. The molecule has 1 aromatic heterocycles. The smallest absolute Gasteiger partial charge is 0.315 e. The molecule has 0 radical (unpaired) electrons. The number of carboxylic acid groups (broad SMARTS) is 1. The van der Waals surface area contributed by atoms with Gasteiger partial charge in [0.05, 0.1) is 0 Å². The fourth-order valence-electron chi connectivity index (χ4n) is 2.82. The zero-order valence-corrected chi connectivity index (χ0v) is 13.4. The van der Waals surface area contributed by atoms with E-state index >= 15 is 0 Å². The first-order chi connectivity index (χ1) is 11.0. The number of carbonyl (C=O) groups is 2. The molecule has 2 aromatic rings. The van der Waals surface area contributed by atoms with E-state index in [9.17, 15) is 9.59 Å². The first kappa shape index (κ1) is 15.8. The number of piperidine rings is 1. The molecule has 1 unspecified atom stereocenters. The second-order valence-corrected chi connectivity index (χ2v) is 6.26. The number of halogens is 1. The third-order valence-corrected chi connectivity index (χ3v) is 4.50. The molecule has 7 heteroatoms. The zero-order valence-electron chi connectivity index (χ0n) is 12.7. The number of nitrogens with zero attached hydrogens (tertiary/aromatic N) is 2. The summed E-state index contributed by atoms with van der Waals surface area (Å²) in [6.07, 6.45) is 1.41. The van der Waals surface area contributed by atoms with E-state index in [-0.39, 0.29) is 11.8 Å². The number of oxazole rings is 1. The summed E-state index contributed by atoms with van der Waals surface area (Å²) < 4.78 is 5.78. The minimum Gasteiger partial charge on any atom is -0.481 e. The molecule has 0 bridgehead atoms. The van der Waals surface area contributed by atoms with Crippen LogP contribution in [-0.2, 0) is 9.59 Å². The first-order valence-corrected chi connectivity index (χ1v) is 7.91. The third-order valence-electron chi connectivity index (χ3n) is 4.26. The monoisotopic (exact) mass is 336 g/mol. The predicted octanol–water partition coefficient (Wildman–Crippen LogP) is 2.91. The summed E-state index contributed by atoms with van der Waals surface area (Å²) in [5, 5.41) is 9.54. The van der Waals surface area contributed by atoms with Crippen LogP contribution in [-0.4, -0.2) is 40.0 Å². The van der Waals surface area contributed by atoms with E-state index in [4.69, 9.17) is 21.1 Å². The molecule has 0 spiro atoms. The predicted molar refractivity (Wildman–Crippen MR) is 84.4 cm³/mol. The summed E-state index contributed by atoms with van der Waals surface area (Å²) in [5.41, 5.74) is 1.42. The molecule has 1 atom stereocenters. The van der Waals surface area contributed by atoms with E-state index in [2.05, 4.69) is 4.98 Å². The van der Waals surface area contributed by atoms with Gasteiger partial charge in [-0.3, -0.25) is 9.59 Å². The van der Waals surface area contributed by atoms with Crippen molar-refractivity contribution < 1.29 is 19.1 Å². The van der Waals surface area contributed by atoms with Gasteiger partial charge in [0.25, 0.3) is 0 Å². The minimum absolute atomic E-state index is 0.130. The van der Waals surface area contributed by atoms with Gasteiger partial charge in [-0.2, -0.15) is 0 Å². The average Bonchev–Trinajstić information content (AvgIpc) is 2.96. The van der Waals surface area contributed by atoms with Crippen molar-refractivity contribution in [2.24, 2.45) is 5.92 Å². The van der Waals surface area contributed by atoms with Crippen LogP contribution in [0, 0.1) is 5.92 Å². The second-order valence-electron chi connectivity index (χ2n) is 5.82. The lowest BCUT2D eigenvalue weighted by Gasteiger charge is -2.31. The van der Waals surface area contributed by atoms with E-state index in [1.165, 1.54) is 6.92 Å². The van der Waals surface area contributed by atoms with Crippen LogP contribution < -0.4 is 0 Å². The van der Waals surface area contributed by atoms with Crippen molar-refractivity contribution in [3.05, 3.63) is 29.1 Å². The Morgan fingerprint density at radius 2 is 2.09 bits per heavy atom. The molecule has 1 aliphatic heterocycles. The topological polar surface area (TPSA) is 83.6 Å². The molecule has 122 valence electrons. The van der Waals surface area contributed by atoms with Gasteiger partial charge in [-0.25, -0.2) is 4.98 Å². The molecular weight excluding hydrogens is 320 g/mol. The lowest BCUT2D eigenvalue weighted by Crippen LogP contribution is -2.42. The van der Waals surface area contributed by atoms with Gasteiger partial charge in [0, 0.05) is 24.0 Å². The van der Waals surface area contributed by atoms with Crippen molar-refractivity contribution >= 4 is 34.6 Å².